The average Bonchev–Trinajstić information content (AvgIpc) is 3.19. The first-order chi connectivity index (χ1) is 13.7. The second-order valence-corrected chi connectivity index (χ2v) is 6.16. The molecule has 1 N–H and O–H groups in total. The van der Waals surface area contributed by atoms with Gasteiger partial charge in [0.25, 0.3) is 5.91 Å². The summed E-state index contributed by atoms with van der Waals surface area (Å²) in [4.78, 5) is 12.3. The molecule has 3 rings (SSSR count). The van der Waals surface area contributed by atoms with Crippen LogP contribution in [0.2, 0.25) is 0 Å². The Balaban J connectivity index is 1.67. The highest BCUT2D eigenvalue weighted by Gasteiger charge is 2.16. The number of hydrogen-bond acceptors (Lipinski definition) is 6. The van der Waals surface area contributed by atoms with E-state index in [9.17, 15) is 4.79 Å². The van der Waals surface area contributed by atoms with Crippen molar-refractivity contribution in [3.63, 3.8) is 0 Å². The second kappa shape index (κ2) is 9.64. The molecule has 1 heterocycles. The Labute approximate surface area is 164 Å². The number of nitrogens with zero attached hydrogens (tertiary/aromatic N) is 1. The third kappa shape index (κ3) is 4.94. The van der Waals surface area contributed by atoms with Gasteiger partial charge in [0, 0.05) is 17.2 Å². The second-order valence-electron chi connectivity index (χ2n) is 6.16. The molecule has 0 radical (unpaired) electrons. The summed E-state index contributed by atoms with van der Waals surface area (Å²) < 4.78 is 22.0. The first kappa shape index (κ1) is 19.5. The molecule has 0 bridgehead atoms. The van der Waals surface area contributed by atoms with E-state index in [1.165, 1.54) is 0 Å². The SMILES string of the molecule is CCCOc1ccc(/C=N/NC(=O)c2ccc3c(c2)OCO3)c(OCCC)c1. The Bertz CT molecular complexity index is 851. The maximum Gasteiger partial charge on any atom is 0.271 e. The van der Waals surface area contributed by atoms with E-state index < -0.39 is 0 Å². The fraction of sp³-hybridized carbons (Fsp3) is 0.333. The molecule has 0 saturated heterocycles. The van der Waals surface area contributed by atoms with E-state index in [2.05, 4.69) is 17.5 Å². The van der Waals surface area contributed by atoms with E-state index in [-0.39, 0.29) is 12.7 Å². The Morgan fingerprint density at radius 1 is 1.07 bits per heavy atom. The predicted octanol–water partition coefficient (Wildman–Crippen LogP) is 3.76. The number of benzene rings is 2. The molecule has 1 aliphatic rings. The first-order valence-electron chi connectivity index (χ1n) is 9.34. The number of amides is 1. The zero-order valence-electron chi connectivity index (χ0n) is 16.1. The van der Waals surface area contributed by atoms with Crippen LogP contribution in [-0.4, -0.2) is 32.1 Å². The van der Waals surface area contributed by atoms with E-state index in [0.717, 1.165) is 24.2 Å². The van der Waals surface area contributed by atoms with Crippen molar-refractivity contribution >= 4 is 12.1 Å². The van der Waals surface area contributed by atoms with Crippen LogP contribution in [0.4, 0.5) is 0 Å². The van der Waals surface area contributed by atoms with Crippen molar-refractivity contribution in [3.05, 3.63) is 47.5 Å². The van der Waals surface area contributed by atoms with Gasteiger partial charge in [0.05, 0.1) is 19.4 Å². The van der Waals surface area contributed by atoms with Gasteiger partial charge in [-0.05, 0) is 43.2 Å². The molecule has 1 aliphatic heterocycles. The fourth-order valence-corrected chi connectivity index (χ4v) is 2.53. The van der Waals surface area contributed by atoms with Crippen molar-refractivity contribution in [2.24, 2.45) is 5.10 Å². The van der Waals surface area contributed by atoms with Crippen LogP contribution >= 0.6 is 0 Å². The van der Waals surface area contributed by atoms with Gasteiger partial charge < -0.3 is 18.9 Å². The number of ether oxygens (including phenoxy) is 4. The van der Waals surface area contributed by atoms with E-state index in [4.69, 9.17) is 18.9 Å². The van der Waals surface area contributed by atoms with Crippen LogP contribution in [0.5, 0.6) is 23.0 Å². The number of nitrogens with one attached hydrogen (secondary N) is 1. The maximum absolute atomic E-state index is 12.3. The van der Waals surface area contributed by atoms with Gasteiger partial charge >= 0.3 is 0 Å². The number of hydrazone groups is 1. The molecular formula is C21H24N2O5. The summed E-state index contributed by atoms with van der Waals surface area (Å²) in [6.07, 6.45) is 3.37. The zero-order valence-corrected chi connectivity index (χ0v) is 16.1. The summed E-state index contributed by atoms with van der Waals surface area (Å²) in [5.41, 5.74) is 3.71. The van der Waals surface area contributed by atoms with Gasteiger partial charge in [-0.15, -0.1) is 0 Å². The highest BCUT2D eigenvalue weighted by atomic mass is 16.7. The Morgan fingerprint density at radius 2 is 1.86 bits per heavy atom. The minimum Gasteiger partial charge on any atom is -0.493 e. The van der Waals surface area contributed by atoms with Crippen molar-refractivity contribution in [3.8, 4) is 23.0 Å². The molecule has 2 aromatic rings. The van der Waals surface area contributed by atoms with Crippen LogP contribution in [-0.2, 0) is 0 Å². The minimum atomic E-state index is -0.339. The Kier molecular flexibility index (Phi) is 6.73. The van der Waals surface area contributed by atoms with Crippen molar-refractivity contribution in [1.29, 1.82) is 0 Å². The molecule has 7 heteroatoms. The molecular weight excluding hydrogens is 360 g/mol. The number of carbonyl (C=O) groups excluding carboxylic acids is 1. The van der Waals surface area contributed by atoms with Gasteiger partial charge in [0.2, 0.25) is 6.79 Å². The molecule has 0 saturated carbocycles. The molecule has 1 amide bonds. The molecule has 0 spiro atoms. The minimum absolute atomic E-state index is 0.164. The molecule has 28 heavy (non-hydrogen) atoms. The number of carbonyl (C=O) groups is 1. The summed E-state index contributed by atoms with van der Waals surface area (Å²) in [6, 6.07) is 10.5. The van der Waals surface area contributed by atoms with Gasteiger partial charge in [0.1, 0.15) is 11.5 Å². The van der Waals surface area contributed by atoms with Crippen LogP contribution in [0, 0.1) is 0 Å². The quantitative estimate of drug-likeness (QED) is 0.526. The summed E-state index contributed by atoms with van der Waals surface area (Å²) in [5, 5.41) is 4.05. The molecule has 0 aliphatic carbocycles. The third-order valence-electron chi connectivity index (χ3n) is 3.92. The lowest BCUT2D eigenvalue weighted by molar-refractivity contribution is 0.0954. The molecule has 7 nitrogen and oxygen atoms in total. The van der Waals surface area contributed by atoms with Gasteiger partial charge in [-0.25, -0.2) is 5.43 Å². The number of rotatable bonds is 9. The van der Waals surface area contributed by atoms with E-state index in [0.29, 0.717) is 36.0 Å². The smallest absolute Gasteiger partial charge is 0.271 e. The molecule has 0 atom stereocenters. The highest BCUT2D eigenvalue weighted by Crippen LogP contribution is 2.32. The van der Waals surface area contributed by atoms with Crippen LogP contribution in [0.1, 0.15) is 42.6 Å². The summed E-state index contributed by atoms with van der Waals surface area (Å²) in [6.45, 7) is 5.49. The Hall–Kier alpha value is -3.22. The van der Waals surface area contributed by atoms with Gasteiger partial charge in [0.15, 0.2) is 11.5 Å². The van der Waals surface area contributed by atoms with Crippen molar-refractivity contribution in [1.82, 2.24) is 5.43 Å². The van der Waals surface area contributed by atoms with Crippen LogP contribution in [0.25, 0.3) is 0 Å². The standard InChI is InChI=1S/C21H24N2O5/c1-3-9-25-17-7-5-16(19(12-17)26-10-4-2)13-22-23-21(24)15-6-8-18-20(11-15)28-14-27-18/h5-8,11-13H,3-4,9-10,14H2,1-2H3,(H,23,24)/b22-13+. The topological polar surface area (TPSA) is 78.4 Å². The van der Waals surface area contributed by atoms with Crippen molar-refractivity contribution in [2.75, 3.05) is 20.0 Å². The monoisotopic (exact) mass is 384 g/mol. The molecule has 0 aromatic heterocycles. The third-order valence-corrected chi connectivity index (χ3v) is 3.92. The lowest BCUT2D eigenvalue weighted by atomic mass is 10.2. The fourth-order valence-electron chi connectivity index (χ4n) is 2.53. The van der Waals surface area contributed by atoms with Gasteiger partial charge in [-0.3, -0.25) is 4.79 Å². The van der Waals surface area contributed by atoms with E-state index >= 15 is 0 Å². The highest BCUT2D eigenvalue weighted by molar-refractivity contribution is 5.95. The number of hydrogen-bond donors (Lipinski definition) is 1. The van der Waals surface area contributed by atoms with Gasteiger partial charge in [-0.2, -0.15) is 5.10 Å². The molecule has 2 aromatic carbocycles. The molecule has 148 valence electrons. The number of fused-ring (bicyclic) bond motifs is 1. The predicted molar refractivity (Wildman–Crippen MR) is 106 cm³/mol. The normalized spacial score (nSPS) is 12.2. The zero-order chi connectivity index (χ0) is 19.8. The largest absolute Gasteiger partial charge is 0.493 e. The maximum atomic E-state index is 12.3. The van der Waals surface area contributed by atoms with Crippen LogP contribution in [0.15, 0.2) is 41.5 Å². The average molecular weight is 384 g/mol. The summed E-state index contributed by atoms with van der Waals surface area (Å²) >= 11 is 0. The van der Waals surface area contributed by atoms with E-state index in [1.807, 2.05) is 25.1 Å². The van der Waals surface area contributed by atoms with Crippen LogP contribution < -0.4 is 24.4 Å². The molecule has 0 unspecified atom stereocenters. The molecule has 0 fully saturated rings. The van der Waals surface area contributed by atoms with E-state index in [1.54, 1.807) is 24.4 Å². The van der Waals surface area contributed by atoms with Gasteiger partial charge in [-0.1, -0.05) is 13.8 Å². The van der Waals surface area contributed by atoms with Crippen molar-refractivity contribution in [2.45, 2.75) is 26.7 Å². The summed E-state index contributed by atoms with van der Waals surface area (Å²) in [5.74, 6) is 2.25. The first-order valence-corrected chi connectivity index (χ1v) is 9.34. The Morgan fingerprint density at radius 3 is 2.68 bits per heavy atom. The lowest BCUT2D eigenvalue weighted by Gasteiger charge is -2.11. The lowest BCUT2D eigenvalue weighted by Crippen LogP contribution is -2.17. The van der Waals surface area contributed by atoms with Crippen molar-refractivity contribution < 1.29 is 23.7 Å². The van der Waals surface area contributed by atoms with Crippen LogP contribution in [0.3, 0.4) is 0 Å². The summed E-state index contributed by atoms with van der Waals surface area (Å²) in [7, 11) is 0.